The molecule has 1 saturated carbocycles. The fraction of sp³-hybridized carbons (Fsp3) is 0.846. The van der Waals surface area contributed by atoms with Gasteiger partial charge in [-0.25, -0.2) is 0 Å². The van der Waals surface area contributed by atoms with Crippen molar-refractivity contribution in [1.29, 1.82) is 0 Å². The number of hydrogen-bond acceptors (Lipinski definition) is 3. The van der Waals surface area contributed by atoms with E-state index in [0.29, 0.717) is 6.04 Å². The lowest BCUT2D eigenvalue weighted by molar-refractivity contribution is 0.137. The summed E-state index contributed by atoms with van der Waals surface area (Å²) in [7, 11) is 0. The number of aliphatic hydroxyl groups excluding tert-OH is 1. The quantitative estimate of drug-likeness (QED) is 0.694. The topological polar surface area (TPSA) is 35.5 Å². The van der Waals surface area contributed by atoms with Gasteiger partial charge in [0.15, 0.2) is 0 Å². The van der Waals surface area contributed by atoms with Gasteiger partial charge in [-0.2, -0.15) is 0 Å². The zero-order valence-electron chi connectivity index (χ0n) is 10.5. The highest BCUT2D eigenvalue weighted by Gasteiger charge is 2.19. The summed E-state index contributed by atoms with van der Waals surface area (Å²) >= 11 is 0. The van der Waals surface area contributed by atoms with Crippen molar-refractivity contribution >= 4 is 0 Å². The van der Waals surface area contributed by atoms with Crippen LogP contribution in [0.4, 0.5) is 0 Å². The van der Waals surface area contributed by atoms with Gasteiger partial charge < -0.3 is 10.4 Å². The molecule has 1 rings (SSSR count). The van der Waals surface area contributed by atoms with Crippen molar-refractivity contribution in [1.82, 2.24) is 10.2 Å². The molecule has 0 heterocycles. The van der Waals surface area contributed by atoms with Crippen molar-refractivity contribution in [2.24, 2.45) is 0 Å². The molecule has 0 unspecified atom stereocenters. The van der Waals surface area contributed by atoms with Gasteiger partial charge in [0.25, 0.3) is 0 Å². The molecule has 3 nitrogen and oxygen atoms in total. The highest BCUT2D eigenvalue weighted by atomic mass is 16.3. The van der Waals surface area contributed by atoms with E-state index in [9.17, 15) is 0 Å². The molecule has 2 N–H and O–H groups in total. The van der Waals surface area contributed by atoms with Crippen LogP contribution >= 0.6 is 0 Å². The van der Waals surface area contributed by atoms with E-state index in [1.807, 2.05) is 6.20 Å². The van der Waals surface area contributed by atoms with Crippen LogP contribution in [0, 0.1) is 0 Å². The number of nitrogens with one attached hydrogen (secondary N) is 1. The van der Waals surface area contributed by atoms with Crippen molar-refractivity contribution < 1.29 is 5.11 Å². The molecule has 3 heteroatoms. The third kappa shape index (κ3) is 4.99. The molecular weight excluding hydrogens is 200 g/mol. The van der Waals surface area contributed by atoms with Gasteiger partial charge in [-0.05, 0) is 26.0 Å². The van der Waals surface area contributed by atoms with E-state index in [1.54, 1.807) is 0 Å². The minimum Gasteiger partial charge on any atom is -0.395 e. The third-order valence-electron chi connectivity index (χ3n) is 3.26. The van der Waals surface area contributed by atoms with Gasteiger partial charge in [-0.3, -0.25) is 4.90 Å². The summed E-state index contributed by atoms with van der Waals surface area (Å²) < 4.78 is 0. The summed E-state index contributed by atoms with van der Waals surface area (Å²) in [4.78, 5) is 2.41. The van der Waals surface area contributed by atoms with E-state index in [-0.39, 0.29) is 6.61 Å². The monoisotopic (exact) mass is 226 g/mol. The zero-order chi connectivity index (χ0) is 11.6. The largest absolute Gasteiger partial charge is 0.395 e. The summed E-state index contributed by atoms with van der Waals surface area (Å²) in [6, 6.07) is 0.687. The van der Waals surface area contributed by atoms with Gasteiger partial charge in [0, 0.05) is 25.7 Å². The van der Waals surface area contributed by atoms with E-state index >= 15 is 0 Å². The lowest BCUT2D eigenvalue weighted by atomic mass is 9.94. The standard InChI is InChI=1S/C13H26N2O/c1-2-14-9-6-10-15(11-12-16)13-7-4-3-5-8-13/h6,9,13-14,16H,2-5,7-8,10-12H2,1H3/b9-6+. The van der Waals surface area contributed by atoms with Crippen LogP contribution < -0.4 is 5.32 Å². The molecule has 0 radical (unpaired) electrons. The number of hydrogen-bond donors (Lipinski definition) is 2. The zero-order valence-corrected chi connectivity index (χ0v) is 10.5. The van der Waals surface area contributed by atoms with Crippen molar-refractivity contribution in [3.05, 3.63) is 12.3 Å². The molecule has 0 bridgehead atoms. The maximum Gasteiger partial charge on any atom is 0.0558 e. The summed E-state index contributed by atoms with van der Waals surface area (Å²) in [5.74, 6) is 0. The molecule has 0 saturated heterocycles. The first-order valence-corrected chi connectivity index (χ1v) is 6.61. The first-order chi connectivity index (χ1) is 7.88. The molecule has 0 aromatic heterocycles. The van der Waals surface area contributed by atoms with E-state index in [2.05, 4.69) is 23.2 Å². The Labute approximate surface area is 99.5 Å². The number of nitrogens with zero attached hydrogens (tertiary/aromatic N) is 1. The van der Waals surface area contributed by atoms with E-state index in [1.165, 1.54) is 32.1 Å². The highest BCUT2D eigenvalue weighted by molar-refractivity contribution is 4.86. The molecule has 0 aromatic rings. The van der Waals surface area contributed by atoms with Crippen LogP contribution in [0.1, 0.15) is 39.0 Å². The number of rotatable bonds is 7. The van der Waals surface area contributed by atoms with Crippen LogP contribution in [0.25, 0.3) is 0 Å². The van der Waals surface area contributed by atoms with Crippen molar-refractivity contribution in [2.75, 3.05) is 26.2 Å². The van der Waals surface area contributed by atoms with Crippen LogP contribution in [0.5, 0.6) is 0 Å². The predicted molar refractivity (Wildman–Crippen MR) is 68.3 cm³/mol. The Kier molecular flexibility index (Phi) is 7.26. The lowest BCUT2D eigenvalue weighted by Crippen LogP contribution is -2.38. The molecular formula is C13H26N2O. The molecule has 94 valence electrons. The van der Waals surface area contributed by atoms with Crippen molar-refractivity contribution in [3.63, 3.8) is 0 Å². The maximum atomic E-state index is 9.09. The molecule has 0 atom stereocenters. The summed E-state index contributed by atoms with van der Waals surface area (Å²) in [5.41, 5.74) is 0. The van der Waals surface area contributed by atoms with Crippen LogP contribution in [0.15, 0.2) is 12.3 Å². The first-order valence-electron chi connectivity index (χ1n) is 6.61. The lowest BCUT2D eigenvalue weighted by Gasteiger charge is -2.33. The van der Waals surface area contributed by atoms with Gasteiger partial charge >= 0.3 is 0 Å². The van der Waals surface area contributed by atoms with Crippen LogP contribution in [-0.2, 0) is 0 Å². The minimum absolute atomic E-state index is 0.269. The fourth-order valence-corrected chi connectivity index (χ4v) is 2.39. The van der Waals surface area contributed by atoms with Gasteiger partial charge in [0.1, 0.15) is 0 Å². The van der Waals surface area contributed by atoms with Gasteiger partial charge in [-0.15, -0.1) is 0 Å². The third-order valence-corrected chi connectivity index (χ3v) is 3.26. The van der Waals surface area contributed by atoms with E-state index in [0.717, 1.165) is 19.6 Å². The molecule has 1 fully saturated rings. The molecule has 0 aromatic carbocycles. The second kappa shape index (κ2) is 8.59. The van der Waals surface area contributed by atoms with Crippen LogP contribution in [-0.4, -0.2) is 42.3 Å². The summed E-state index contributed by atoms with van der Waals surface area (Å²) in [6.45, 7) is 5.10. The van der Waals surface area contributed by atoms with Crippen LogP contribution in [0.2, 0.25) is 0 Å². The van der Waals surface area contributed by atoms with E-state index < -0.39 is 0 Å². The second-order valence-electron chi connectivity index (χ2n) is 4.47. The minimum atomic E-state index is 0.269. The first kappa shape index (κ1) is 13.5. The van der Waals surface area contributed by atoms with Gasteiger partial charge in [0.05, 0.1) is 6.61 Å². The normalized spacial score (nSPS) is 18.4. The Morgan fingerprint density at radius 3 is 2.69 bits per heavy atom. The fourth-order valence-electron chi connectivity index (χ4n) is 2.39. The highest BCUT2D eigenvalue weighted by Crippen LogP contribution is 2.22. The molecule has 1 aliphatic carbocycles. The second-order valence-corrected chi connectivity index (χ2v) is 4.47. The van der Waals surface area contributed by atoms with Gasteiger partial charge in [-0.1, -0.05) is 25.3 Å². The average molecular weight is 226 g/mol. The molecule has 0 amide bonds. The Morgan fingerprint density at radius 2 is 2.06 bits per heavy atom. The molecule has 0 spiro atoms. The van der Waals surface area contributed by atoms with Crippen molar-refractivity contribution in [3.8, 4) is 0 Å². The Bertz CT molecular complexity index is 188. The molecule has 0 aliphatic heterocycles. The van der Waals surface area contributed by atoms with Crippen LogP contribution in [0.3, 0.4) is 0 Å². The van der Waals surface area contributed by atoms with E-state index in [4.69, 9.17) is 5.11 Å². The summed E-state index contributed by atoms with van der Waals surface area (Å²) in [5, 5.41) is 12.3. The smallest absolute Gasteiger partial charge is 0.0558 e. The summed E-state index contributed by atoms with van der Waals surface area (Å²) in [6.07, 6.45) is 10.9. The Hall–Kier alpha value is -0.540. The Balaban J connectivity index is 2.33. The predicted octanol–water partition coefficient (Wildman–Crippen LogP) is 1.74. The molecule has 16 heavy (non-hydrogen) atoms. The van der Waals surface area contributed by atoms with Gasteiger partial charge in [0.2, 0.25) is 0 Å². The van der Waals surface area contributed by atoms with Crippen molar-refractivity contribution in [2.45, 2.75) is 45.1 Å². The maximum absolute atomic E-state index is 9.09. The molecule has 1 aliphatic rings. The SMILES string of the molecule is CCN/C=C/CN(CCO)C1CCCCC1. The average Bonchev–Trinajstić information content (AvgIpc) is 2.34. The number of aliphatic hydroxyl groups is 1. The Morgan fingerprint density at radius 1 is 1.31 bits per heavy atom.